The summed E-state index contributed by atoms with van der Waals surface area (Å²) in [5, 5.41) is 2.91. The van der Waals surface area contributed by atoms with Crippen LogP contribution in [0.25, 0.3) is 0 Å². The third kappa shape index (κ3) is 5.39. The molecule has 0 spiro atoms. The number of ether oxygens (including phenoxy) is 2. The van der Waals surface area contributed by atoms with Crippen LogP contribution in [0.15, 0.2) is 30.9 Å². The van der Waals surface area contributed by atoms with Crippen molar-refractivity contribution in [2.24, 2.45) is 0 Å². The number of thioether (sulfide) groups is 1. The van der Waals surface area contributed by atoms with Crippen LogP contribution >= 0.6 is 11.8 Å². The number of anilines is 1. The molecular weight excluding hydrogens is 298 g/mol. The van der Waals surface area contributed by atoms with Gasteiger partial charge in [0.2, 0.25) is 5.91 Å². The lowest BCUT2D eigenvalue weighted by Gasteiger charge is -2.16. The summed E-state index contributed by atoms with van der Waals surface area (Å²) < 4.78 is 11.4. The first kappa shape index (κ1) is 16.9. The number of rotatable bonds is 8. The highest BCUT2D eigenvalue weighted by molar-refractivity contribution is 8.00. The Kier molecular flexibility index (Phi) is 6.80. The molecule has 2 rings (SSSR count). The van der Waals surface area contributed by atoms with Gasteiger partial charge in [-0.3, -0.25) is 4.79 Å². The molecule has 22 heavy (non-hydrogen) atoms. The first-order chi connectivity index (χ1) is 10.7. The summed E-state index contributed by atoms with van der Waals surface area (Å²) in [6.07, 6.45) is 4.07. The summed E-state index contributed by atoms with van der Waals surface area (Å²) >= 11 is 1.53. The van der Waals surface area contributed by atoms with Crippen LogP contribution in [0.1, 0.15) is 18.4 Å². The highest BCUT2D eigenvalue weighted by Crippen LogP contribution is 2.27. The van der Waals surface area contributed by atoms with Crippen LogP contribution in [0.5, 0.6) is 5.75 Å². The van der Waals surface area contributed by atoms with Crippen LogP contribution in [-0.2, 0) is 9.53 Å². The van der Waals surface area contributed by atoms with E-state index in [0.29, 0.717) is 23.8 Å². The maximum absolute atomic E-state index is 11.9. The molecule has 1 saturated heterocycles. The number of nitrogens with one attached hydrogen (secondary N) is 1. The molecule has 1 N–H and O–H groups in total. The van der Waals surface area contributed by atoms with E-state index in [4.69, 9.17) is 9.47 Å². The summed E-state index contributed by atoms with van der Waals surface area (Å²) in [7, 11) is 0. The van der Waals surface area contributed by atoms with Crippen molar-refractivity contribution in [3.05, 3.63) is 36.4 Å². The van der Waals surface area contributed by atoms with Gasteiger partial charge in [-0.05, 0) is 37.5 Å². The predicted molar refractivity (Wildman–Crippen MR) is 91.8 cm³/mol. The zero-order valence-electron chi connectivity index (χ0n) is 13.0. The minimum Gasteiger partial charge on any atom is -0.489 e. The third-order valence-electron chi connectivity index (χ3n) is 3.33. The van der Waals surface area contributed by atoms with Crippen LogP contribution in [0, 0.1) is 6.92 Å². The van der Waals surface area contributed by atoms with Crippen LogP contribution in [0.3, 0.4) is 0 Å². The van der Waals surface area contributed by atoms with E-state index < -0.39 is 0 Å². The van der Waals surface area contributed by atoms with Gasteiger partial charge in [-0.15, -0.1) is 18.3 Å². The standard InChI is InChI=1S/C17H23NO3S/c1-3-9-22-12-17(19)18-15-7-6-13(2)10-16(15)21-11-14-5-4-8-20-14/h3,6-7,10,14H,1,4-5,8-9,11-12H2,2H3,(H,18,19). The Labute approximate surface area is 136 Å². The molecule has 0 aromatic heterocycles. The molecule has 1 fully saturated rings. The lowest BCUT2D eigenvalue weighted by Crippen LogP contribution is -2.19. The van der Waals surface area contributed by atoms with Crippen molar-refractivity contribution in [1.29, 1.82) is 0 Å². The minimum atomic E-state index is -0.0299. The molecule has 1 aromatic carbocycles. The van der Waals surface area contributed by atoms with Gasteiger partial charge in [0.25, 0.3) is 0 Å². The summed E-state index contributed by atoms with van der Waals surface area (Å²) in [4.78, 5) is 11.9. The molecule has 0 bridgehead atoms. The number of carbonyl (C=O) groups is 1. The molecule has 1 aliphatic heterocycles. The van der Waals surface area contributed by atoms with E-state index in [1.54, 1.807) is 6.08 Å². The molecule has 5 heteroatoms. The monoisotopic (exact) mass is 321 g/mol. The van der Waals surface area contributed by atoms with Crippen LogP contribution in [-0.4, -0.2) is 36.7 Å². The van der Waals surface area contributed by atoms with Crippen molar-refractivity contribution in [3.63, 3.8) is 0 Å². The Morgan fingerprint density at radius 3 is 3.18 bits per heavy atom. The van der Waals surface area contributed by atoms with E-state index in [1.165, 1.54) is 11.8 Å². The average molecular weight is 321 g/mol. The second-order valence-electron chi connectivity index (χ2n) is 5.30. The smallest absolute Gasteiger partial charge is 0.234 e. The van der Waals surface area contributed by atoms with E-state index in [9.17, 15) is 4.79 Å². The summed E-state index contributed by atoms with van der Waals surface area (Å²) in [5.41, 5.74) is 1.81. The molecule has 1 heterocycles. The predicted octanol–water partition coefficient (Wildman–Crippen LogP) is 3.41. The lowest BCUT2D eigenvalue weighted by molar-refractivity contribution is -0.113. The zero-order chi connectivity index (χ0) is 15.8. The zero-order valence-corrected chi connectivity index (χ0v) is 13.8. The van der Waals surface area contributed by atoms with Gasteiger partial charge in [0, 0.05) is 12.4 Å². The summed E-state index contributed by atoms with van der Waals surface area (Å²) in [6.45, 7) is 6.98. The molecule has 1 unspecified atom stereocenters. The highest BCUT2D eigenvalue weighted by Gasteiger charge is 2.17. The van der Waals surface area contributed by atoms with E-state index in [-0.39, 0.29) is 12.0 Å². The molecule has 1 aliphatic rings. The molecular formula is C17H23NO3S. The molecule has 1 amide bonds. The van der Waals surface area contributed by atoms with Gasteiger partial charge in [0.15, 0.2) is 0 Å². The van der Waals surface area contributed by atoms with E-state index in [1.807, 2.05) is 25.1 Å². The van der Waals surface area contributed by atoms with Crippen LogP contribution in [0.2, 0.25) is 0 Å². The van der Waals surface area contributed by atoms with E-state index >= 15 is 0 Å². The largest absolute Gasteiger partial charge is 0.489 e. The summed E-state index contributed by atoms with van der Waals surface area (Å²) in [5.74, 6) is 1.85. The quantitative estimate of drug-likeness (QED) is 0.589. The van der Waals surface area contributed by atoms with Crippen molar-refractivity contribution >= 4 is 23.4 Å². The number of aryl methyl sites for hydroxylation is 1. The fraction of sp³-hybridized carbons (Fsp3) is 0.471. The highest BCUT2D eigenvalue weighted by atomic mass is 32.2. The topological polar surface area (TPSA) is 47.6 Å². The van der Waals surface area contributed by atoms with Crippen LogP contribution in [0.4, 0.5) is 5.69 Å². The Morgan fingerprint density at radius 2 is 2.45 bits per heavy atom. The normalized spacial score (nSPS) is 17.2. The Balaban J connectivity index is 1.93. The Bertz CT molecular complexity index is 513. The fourth-order valence-electron chi connectivity index (χ4n) is 2.23. The van der Waals surface area contributed by atoms with Gasteiger partial charge in [-0.1, -0.05) is 12.1 Å². The SMILES string of the molecule is C=CCSCC(=O)Nc1ccc(C)cc1OCC1CCCO1. The summed E-state index contributed by atoms with van der Waals surface area (Å²) in [6, 6.07) is 5.79. The van der Waals surface area contributed by atoms with Gasteiger partial charge in [-0.2, -0.15) is 0 Å². The van der Waals surface area contributed by atoms with Crippen molar-refractivity contribution in [2.45, 2.75) is 25.9 Å². The van der Waals surface area contributed by atoms with Crippen molar-refractivity contribution in [2.75, 3.05) is 30.0 Å². The Morgan fingerprint density at radius 1 is 1.59 bits per heavy atom. The molecule has 0 radical (unpaired) electrons. The number of amides is 1. The van der Waals surface area contributed by atoms with Crippen molar-refractivity contribution < 1.29 is 14.3 Å². The molecule has 1 atom stereocenters. The second-order valence-corrected chi connectivity index (χ2v) is 6.33. The first-order valence-electron chi connectivity index (χ1n) is 7.52. The van der Waals surface area contributed by atoms with Gasteiger partial charge >= 0.3 is 0 Å². The maximum Gasteiger partial charge on any atom is 0.234 e. The van der Waals surface area contributed by atoms with E-state index in [0.717, 1.165) is 30.8 Å². The number of hydrogen-bond donors (Lipinski definition) is 1. The van der Waals surface area contributed by atoms with Gasteiger partial charge in [-0.25, -0.2) is 0 Å². The van der Waals surface area contributed by atoms with Crippen LogP contribution < -0.4 is 10.1 Å². The lowest BCUT2D eigenvalue weighted by atomic mass is 10.2. The minimum absolute atomic E-state index is 0.0299. The number of carbonyl (C=O) groups excluding carboxylic acids is 1. The molecule has 4 nitrogen and oxygen atoms in total. The number of hydrogen-bond acceptors (Lipinski definition) is 4. The molecule has 0 aliphatic carbocycles. The third-order valence-corrected chi connectivity index (χ3v) is 4.27. The first-order valence-corrected chi connectivity index (χ1v) is 8.68. The number of benzene rings is 1. The van der Waals surface area contributed by atoms with Gasteiger partial charge in [0.05, 0.1) is 17.5 Å². The maximum atomic E-state index is 11.9. The Hall–Kier alpha value is -1.46. The van der Waals surface area contributed by atoms with Crippen molar-refractivity contribution in [3.8, 4) is 5.75 Å². The molecule has 120 valence electrons. The fourth-order valence-corrected chi connectivity index (χ4v) is 2.77. The molecule has 0 saturated carbocycles. The molecule has 1 aromatic rings. The van der Waals surface area contributed by atoms with Gasteiger partial charge < -0.3 is 14.8 Å². The average Bonchev–Trinajstić information content (AvgIpc) is 3.01. The van der Waals surface area contributed by atoms with Crippen molar-refractivity contribution in [1.82, 2.24) is 0 Å². The second kappa shape index (κ2) is 8.86. The van der Waals surface area contributed by atoms with E-state index in [2.05, 4.69) is 11.9 Å². The van der Waals surface area contributed by atoms with Gasteiger partial charge in [0.1, 0.15) is 12.4 Å².